The number of aromatic nitrogens is 2. The zero-order valence-electron chi connectivity index (χ0n) is 12.4. The van der Waals surface area contributed by atoms with E-state index in [1.807, 2.05) is 31.2 Å². The van der Waals surface area contributed by atoms with Crippen LogP contribution in [0.5, 0.6) is 11.5 Å². The lowest BCUT2D eigenvalue weighted by Crippen LogP contribution is -2.20. The molecule has 1 atom stereocenters. The van der Waals surface area contributed by atoms with E-state index in [0.29, 0.717) is 11.7 Å². The van der Waals surface area contributed by atoms with Crippen molar-refractivity contribution in [1.29, 1.82) is 0 Å². The molecule has 0 saturated carbocycles. The number of nitrogens with one attached hydrogen (secondary N) is 1. The van der Waals surface area contributed by atoms with Crippen LogP contribution < -0.4 is 10.1 Å². The highest BCUT2D eigenvalue weighted by atomic mass is 16.5. The minimum atomic E-state index is 0.417. The van der Waals surface area contributed by atoms with Gasteiger partial charge in [-0.2, -0.15) is 0 Å². The molecule has 1 fully saturated rings. The fourth-order valence-electron chi connectivity index (χ4n) is 2.64. The first-order valence-corrected chi connectivity index (χ1v) is 7.58. The van der Waals surface area contributed by atoms with Gasteiger partial charge in [0, 0.05) is 12.5 Å². The molecule has 3 rings (SSSR count). The van der Waals surface area contributed by atoms with E-state index in [0.717, 1.165) is 31.1 Å². The summed E-state index contributed by atoms with van der Waals surface area (Å²) in [5, 5.41) is 3.45. The van der Waals surface area contributed by atoms with Crippen LogP contribution in [-0.4, -0.2) is 23.1 Å². The summed E-state index contributed by atoms with van der Waals surface area (Å²) in [6.45, 7) is 4.12. The van der Waals surface area contributed by atoms with E-state index < -0.39 is 0 Å². The SMILES string of the molecule is Cc1cccc(Oc2cnc(C3CCCCNC3)nc2)c1. The van der Waals surface area contributed by atoms with Crippen molar-refractivity contribution in [3.8, 4) is 11.5 Å². The molecule has 0 spiro atoms. The van der Waals surface area contributed by atoms with Gasteiger partial charge in [0.05, 0.1) is 12.4 Å². The van der Waals surface area contributed by atoms with E-state index in [9.17, 15) is 0 Å². The zero-order chi connectivity index (χ0) is 14.5. The summed E-state index contributed by atoms with van der Waals surface area (Å²) in [5.41, 5.74) is 1.18. The minimum absolute atomic E-state index is 0.417. The van der Waals surface area contributed by atoms with Gasteiger partial charge in [0.2, 0.25) is 0 Å². The van der Waals surface area contributed by atoms with Crippen molar-refractivity contribution in [2.24, 2.45) is 0 Å². The van der Waals surface area contributed by atoms with Crippen molar-refractivity contribution in [3.05, 3.63) is 48.0 Å². The minimum Gasteiger partial charge on any atom is -0.454 e. The quantitative estimate of drug-likeness (QED) is 0.937. The van der Waals surface area contributed by atoms with Crippen LogP contribution in [0.15, 0.2) is 36.7 Å². The lowest BCUT2D eigenvalue weighted by molar-refractivity contribution is 0.473. The molecule has 1 aliphatic rings. The topological polar surface area (TPSA) is 47.0 Å². The first kappa shape index (κ1) is 14.0. The van der Waals surface area contributed by atoms with Crippen molar-refractivity contribution in [3.63, 3.8) is 0 Å². The molecule has 4 nitrogen and oxygen atoms in total. The molecule has 110 valence electrons. The maximum atomic E-state index is 5.79. The molecule has 1 aromatic heterocycles. The Labute approximate surface area is 125 Å². The van der Waals surface area contributed by atoms with Crippen molar-refractivity contribution in [1.82, 2.24) is 15.3 Å². The molecule has 2 heterocycles. The van der Waals surface area contributed by atoms with E-state index in [4.69, 9.17) is 4.74 Å². The average molecular weight is 283 g/mol. The second kappa shape index (κ2) is 6.68. The predicted molar refractivity (Wildman–Crippen MR) is 82.7 cm³/mol. The molecule has 1 aromatic carbocycles. The summed E-state index contributed by atoms with van der Waals surface area (Å²) < 4.78 is 5.79. The Morgan fingerprint density at radius 2 is 2.00 bits per heavy atom. The monoisotopic (exact) mass is 283 g/mol. The Morgan fingerprint density at radius 3 is 2.81 bits per heavy atom. The highest BCUT2D eigenvalue weighted by Gasteiger charge is 2.16. The average Bonchev–Trinajstić information content (AvgIpc) is 2.77. The Balaban J connectivity index is 1.68. The summed E-state index contributed by atoms with van der Waals surface area (Å²) >= 11 is 0. The van der Waals surface area contributed by atoms with Crippen molar-refractivity contribution < 1.29 is 4.74 Å². The Hall–Kier alpha value is -1.94. The smallest absolute Gasteiger partial charge is 0.164 e. The maximum absolute atomic E-state index is 5.79. The summed E-state index contributed by atoms with van der Waals surface area (Å²) in [4.78, 5) is 8.97. The lowest BCUT2D eigenvalue weighted by atomic mass is 10.0. The third-order valence-electron chi connectivity index (χ3n) is 3.79. The van der Waals surface area contributed by atoms with Crippen molar-refractivity contribution in [2.45, 2.75) is 32.1 Å². The maximum Gasteiger partial charge on any atom is 0.164 e. The van der Waals surface area contributed by atoms with Gasteiger partial charge in [-0.25, -0.2) is 9.97 Å². The predicted octanol–water partition coefficient (Wildman–Crippen LogP) is 3.43. The summed E-state index contributed by atoms with van der Waals surface area (Å²) in [7, 11) is 0. The van der Waals surface area contributed by atoms with E-state index in [1.165, 1.54) is 18.4 Å². The second-order valence-corrected chi connectivity index (χ2v) is 5.59. The van der Waals surface area contributed by atoms with Gasteiger partial charge in [0.15, 0.2) is 5.75 Å². The van der Waals surface area contributed by atoms with Crippen LogP contribution in [0.3, 0.4) is 0 Å². The van der Waals surface area contributed by atoms with Gasteiger partial charge in [-0.1, -0.05) is 18.6 Å². The summed E-state index contributed by atoms with van der Waals surface area (Å²) in [6.07, 6.45) is 7.18. The molecule has 1 unspecified atom stereocenters. The standard InChI is InChI=1S/C17H21N3O/c1-13-5-4-7-15(9-13)21-16-11-19-17(20-12-16)14-6-2-3-8-18-10-14/h4-5,7,9,11-12,14,18H,2-3,6,8,10H2,1H3. The number of hydrogen-bond acceptors (Lipinski definition) is 4. The van der Waals surface area contributed by atoms with Crippen LogP contribution in [0.1, 0.15) is 36.6 Å². The van der Waals surface area contributed by atoms with Crippen molar-refractivity contribution in [2.75, 3.05) is 13.1 Å². The molecule has 1 N–H and O–H groups in total. The first-order chi connectivity index (χ1) is 10.3. The van der Waals surface area contributed by atoms with Crippen molar-refractivity contribution >= 4 is 0 Å². The highest BCUT2D eigenvalue weighted by molar-refractivity contribution is 5.31. The number of aryl methyl sites for hydroxylation is 1. The largest absolute Gasteiger partial charge is 0.454 e. The zero-order valence-corrected chi connectivity index (χ0v) is 12.4. The molecule has 0 radical (unpaired) electrons. The van der Waals surface area contributed by atoms with Gasteiger partial charge >= 0.3 is 0 Å². The number of benzene rings is 1. The molecule has 0 aliphatic carbocycles. The van der Waals surface area contributed by atoms with Gasteiger partial charge in [-0.3, -0.25) is 0 Å². The summed E-state index contributed by atoms with van der Waals surface area (Å²) in [5.74, 6) is 2.84. The fourth-order valence-corrected chi connectivity index (χ4v) is 2.64. The fraction of sp³-hybridized carbons (Fsp3) is 0.412. The van der Waals surface area contributed by atoms with Crippen LogP contribution in [0, 0.1) is 6.92 Å². The Bertz CT molecular complexity index is 575. The van der Waals surface area contributed by atoms with Crippen LogP contribution >= 0.6 is 0 Å². The molecule has 0 bridgehead atoms. The molecular weight excluding hydrogens is 262 g/mol. The van der Waals surface area contributed by atoms with E-state index in [1.54, 1.807) is 12.4 Å². The Morgan fingerprint density at radius 1 is 1.14 bits per heavy atom. The van der Waals surface area contributed by atoms with Crippen LogP contribution in [0.2, 0.25) is 0 Å². The van der Waals surface area contributed by atoms with Gasteiger partial charge in [-0.15, -0.1) is 0 Å². The third-order valence-corrected chi connectivity index (χ3v) is 3.79. The number of rotatable bonds is 3. The molecular formula is C17H21N3O. The third kappa shape index (κ3) is 3.79. The summed E-state index contributed by atoms with van der Waals surface area (Å²) in [6, 6.07) is 7.97. The van der Waals surface area contributed by atoms with Gasteiger partial charge in [0.25, 0.3) is 0 Å². The first-order valence-electron chi connectivity index (χ1n) is 7.58. The van der Waals surface area contributed by atoms with Gasteiger partial charge in [0.1, 0.15) is 11.6 Å². The van der Waals surface area contributed by atoms with E-state index >= 15 is 0 Å². The highest BCUT2D eigenvalue weighted by Crippen LogP contribution is 2.24. The second-order valence-electron chi connectivity index (χ2n) is 5.59. The van der Waals surface area contributed by atoms with Crippen LogP contribution in [0.25, 0.3) is 0 Å². The van der Waals surface area contributed by atoms with Crippen LogP contribution in [0.4, 0.5) is 0 Å². The number of nitrogens with zero attached hydrogens (tertiary/aromatic N) is 2. The number of hydrogen-bond donors (Lipinski definition) is 1. The normalized spacial score (nSPS) is 19.0. The molecule has 1 aliphatic heterocycles. The lowest BCUT2D eigenvalue weighted by Gasteiger charge is -2.13. The number of ether oxygens (including phenoxy) is 1. The van der Waals surface area contributed by atoms with E-state index in [-0.39, 0.29) is 0 Å². The molecule has 21 heavy (non-hydrogen) atoms. The molecule has 4 heteroatoms. The molecule has 2 aromatic rings. The molecule has 1 saturated heterocycles. The Kier molecular flexibility index (Phi) is 4.46. The van der Waals surface area contributed by atoms with Crippen LogP contribution in [-0.2, 0) is 0 Å². The van der Waals surface area contributed by atoms with E-state index in [2.05, 4.69) is 15.3 Å². The van der Waals surface area contributed by atoms with Gasteiger partial charge in [-0.05, 0) is 44.0 Å². The van der Waals surface area contributed by atoms with Gasteiger partial charge < -0.3 is 10.1 Å². The molecule has 0 amide bonds.